The highest BCUT2D eigenvalue weighted by Crippen LogP contribution is 2.32. The van der Waals surface area contributed by atoms with Crippen molar-refractivity contribution < 1.29 is 13.9 Å². The number of furan rings is 1. The van der Waals surface area contributed by atoms with Gasteiger partial charge >= 0.3 is 0 Å². The van der Waals surface area contributed by atoms with Crippen LogP contribution in [0.15, 0.2) is 52.2 Å². The Balaban J connectivity index is 1.68. The van der Waals surface area contributed by atoms with Crippen molar-refractivity contribution in [1.29, 1.82) is 0 Å². The number of amides is 1. The number of hydrogen-bond acceptors (Lipinski definition) is 6. The van der Waals surface area contributed by atoms with Gasteiger partial charge in [-0.2, -0.15) is 0 Å². The van der Waals surface area contributed by atoms with Crippen LogP contribution in [-0.4, -0.2) is 51.5 Å². The Morgan fingerprint density at radius 3 is 2.74 bits per heavy atom. The Morgan fingerprint density at radius 2 is 2.00 bits per heavy atom. The van der Waals surface area contributed by atoms with E-state index in [0.29, 0.717) is 28.2 Å². The van der Waals surface area contributed by atoms with E-state index in [1.54, 1.807) is 19.4 Å². The summed E-state index contributed by atoms with van der Waals surface area (Å²) in [6.45, 7) is 1.69. The van der Waals surface area contributed by atoms with Gasteiger partial charge in [0, 0.05) is 13.1 Å². The summed E-state index contributed by atoms with van der Waals surface area (Å²) in [4.78, 5) is 14.3. The molecule has 0 unspecified atom stereocenters. The second-order valence-electron chi connectivity index (χ2n) is 6.17. The molecule has 1 aliphatic rings. The van der Waals surface area contributed by atoms with Crippen molar-refractivity contribution in [3.05, 3.63) is 42.7 Å². The molecule has 3 aromatic rings. The first-order valence-corrected chi connectivity index (χ1v) is 9.80. The summed E-state index contributed by atoms with van der Waals surface area (Å²) in [5.74, 6) is 2.32. The maximum absolute atomic E-state index is 12.4. The number of carbonyl (C=O) groups is 1. The van der Waals surface area contributed by atoms with Gasteiger partial charge in [-0.3, -0.25) is 9.36 Å². The van der Waals surface area contributed by atoms with Crippen LogP contribution in [0.1, 0.15) is 12.8 Å². The van der Waals surface area contributed by atoms with Crippen molar-refractivity contribution in [3.63, 3.8) is 0 Å². The zero-order valence-electron chi connectivity index (χ0n) is 15.0. The number of methoxy groups -OCH3 is 1. The van der Waals surface area contributed by atoms with E-state index < -0.39 is 0 Å². The lowest BCUT2D eigenvalue weighted by atomic mass is 10.3. The average molecular weight is 384 g/mol. The van der Waals surface area contributed by atoms with E-state index in [-0.39, 0.29) is 5.91 Å². The van der Waals surface area contributed by atoms with Crippen LogP contribution in [0.3, 0.4) is 0 Å². The number of likely N-dealkylation sites (tertiary alicyclic amines) is 1. The molecule has 140 valence electrons. The van der Waals surface area contributed by atoms with Crippen LogP contribution in [0.5, 0.6) is 5.75 Å². The van der Waals surface area contributed by atoms with Gasteiger partial charge in [0.2, 0.25) is 11.7 Å². The van der Waals surface area contributed by atoms with E-state index in [0.717, 1.165) is 31.6 Å². The molecule has 1 fully saturated rings. The van der Waals surface area contributed by atoms with E-state index in [2.05, 4.69) is 10.2 Å². The number of para-hydroxylation sites is 2. The fourth-order valence-corrected chi connectivity index (χ4v) is 3.99. The number of ether oxygens (including phenoxy) is 1. The van der Waals surface area contributed by atoms with Crippen LogP contribution in [-0.2, 0) is 4.79 Å². The maximum atomic E-state index is 12.4. The molecule has 4 rings (SSSR count). The molecule has 7 nitrogen and oxygen atoms in total. The molecule has 0 bridgehead atoms. The van der Waals surface area contributed by atoms with Crippen molar-refractivity contribution in [1.82, 2.24) is 19.7 Å². The molecule has 8 heteroatoms. The monoisotopic (exact) mass is 384 g/mol. The number of rotatable bonds is 6. The molecule has 1 amide bonds. The van der Waals surface area contributed by atoms with Gasteiger partial charge in [-0.25, -0.2) is 0 Å². The summed E-state index contributed by atoms with van der Waals surface area (Å²) in [6.07, 6.45) is 3.76. The number of benzene rings is 1. The van der Waals surface area contributed by atoms with Crippen LogP contribution in [0.2, 0.25) is 0 Å². The average Bonchev–Trinajstić information content (AvgIpc) is 3.47. The molecule has 0 radical (unpaired) electrons. The van der Waals surface area contributed by atoms with E-state index in [4.69, 9.17) is 9.15 Å². The lowest BCUT2D eigenvalue weighted by Gasteiger charge is -2.15. The number of aromatic nitrogens is 3. The van der Waals surface area contributed by atoms with Crippen LogP contribution >= 0.6 is 11.8 Å². The van der Waals surface area contributed by atoms with Gasteiger partial charge in [0.05, 0.1) is 24.8 Å². The van der Waals surface area contributed by atoms with Crippen molar-refractivity contribution in [2.45, 2.75) is 18.0 Å². The minimum absolute atomic E-state index is 0.131. The molecule has 3 heterocycles. The maximum Gasteiger partial charge on any atom is 0.233 e. The largest absolute Gasteiger partial charge is 0.495 e. The zero-order valence-corrected chi connectivity index (χ0v) is 15.8. The Hall–Kier alpha value is -2.74. The van der Waals surface area contributed by atoms with Gasteiger partial charge in [-0.1, -0.05) is 23.9 Å². The molecular weight excluding hydrogens is 364 g/mol. The molecule has 1 saturated heterocycles. The number of carbonyl (C=O) groups excluding carboxylic acids is 1. The molecule has 0 saturated carbocycles. The summed E-state index contributed by atoms with van der Waals surface area (Å²) in [7, 11) is 1.62. The molecule has 1 aromatic carbocycles. The second kappa shape index (κ2) is 7.87. The quantitative estimate of drug-likeness (QED) is 0.608. The Morgan fingerprint density at radius 1 is 1.19 bits per heavy atom. The van der Waals surface area contributed by atoms with E-state index in [1.165, 1.54) is 11.8 Å². The van der Waals surface area contributed by atoms with Gasteiger partial charge < -0.3 is 14.1 Å². The molecule has 27 heavy (non-hydrogen) atoms. The molecule has 1 aliphatic heterocycles. The first kappa shape index (κ1) is 17.7. The lowest BCUT2D eigenvalue weighted by Crippen LogP contribution is -2.29. The highest BCUT2D eigenvalue weighted by molar-refractivity contribution is 7.99. The predicted octanol–water partition coefficient (Wildman–Crippen LogP) is 3.25. The molecular formula is C19H20N4O3S. The van der Waals surface area contributed by atoms with Crippen molar-refractivity contribution >= 4 is 17.7 Å². The third-order valence-electron chi connectivity index (χ3n) is 4.48. The summed E-state index contributed by atoms with van der Waals surface area (Å²) in [5.41, 5.74) is 0.799. The highest BCUT2D eigenvalue weighted by Gasteiger charge is 2.23. The Labute approximate surface area is 161 Å². The van der Waals surface area contributed by atoms with Crippen molar-refractivity contribution in [3.8, 4) is 23.0 Å². The van der Waals surface area contributed by atoms with Gasteiger partial charge in [-0.15, -0.1) is 10.2 Å². The molecule has 0 aliphatic carbocycles. The van der Waals surface area contributed by atoms with Gasteiger partial charge in [0.15, 0.2) is 10.9 Å². The van der Waals surface area contributed by atoms with Crippen LogP contribution in [0, 0.1) is 0 Å². The van der Waals surface area contributed by atoms with E-state index >= 15 is 0 Å². The number of nitrogens with zero attached hydrogens (tertiary/aromatic N) is 4. The number of thioether (sulfide) groups is 1. The van der Waals surface area contributed by atoms with Gasteiger partial charge in [-0.05, 0) is 37.1 Å². The first-order valence-electron chi connectivity index (χ1n) is 8.81. The smallest absolute Gasteiger partial charge is 0.233 e. The van der Waals surface area contributed by atoms with Crippen LogP contribution < -0.4 is 4.74 Å². The van der Waals surface area contributed by atoms with Crippen LogP contribution in [0.4, 0.5) is 0 Å². The highest BCUT2D eigenvalue weighted by atomic mass is 32.2. The van der Waals surface area contributed by atoms with Gasteiger partial charge in [0.25, 0.3) is 0 Å². The predicted molar refractivity (Wildman–Crippen MR) is 102 cm³/mol. The van der Waals surface area contributed by atoms with E-state index in [1.807, 2.05) is 39.8 Å². The Bertz CT molecular complexity index is 917. The summed E-state index contributed by atoms with van der Waals surface area (Å²) in [6, 6.07) is 11.3. The topological polar surface area (TPSA) is 73.4 Å². The third-order valence-corrected chi connectivity index (χ3v) is 5.40. The molecule has 0 atom stereocenters. The fraction of sp³-hybridized carbons (Fsp3) is 0.316. The normalized spacial score (nSPS) is 13.9. The lowest BCUT2D eigenvalue weighted by molar-refractivity contribution is -0.127. The van der Waals surface area contributed by atoms with Gasteiger partial charge in [0.1, 0.15) is 5.75 Å². The Kier molecular flexibility index (Phi) is 5.15. The van der Waals surface area contributed by atoms with Crippen molar-refractivity contribution in [2.24, 2.45) is 0 Å². The fourth-order valence-electron chi connectivity index (χ4n) is 3.14. The first-order chi connectivity index (χ1) is 13.3. The third kappa shape index (κ3) is 3.57. The minimum atomic E-state index is 0.131. The summed E-state index contributed by atoms with van der Waals surface area (Å²) < 4.78 is 12.9. The van der Waals surface area contributed by atoms with Crippen LogP contribution in [0.25, 0.3) is 17.3 Å². The minimum Gasteiger partial charge on any atom is -0.495 e. The van der Waals surface area contributed by atoms with Crippen molar-refractivity contribution in [2.75, 3.05) is 26.0 Å². The summed E-state index contributed by atoms with van der Waals surface area (Å²) >= 11 is 1.38. The standard InChI is InChI=1S/C19H20N4O3S/c1-25-15-8-3-2-7-14(15)23-18(16-9-6-12-26-16)20-21-19(23)27-13-17(24)22-10-4-5-11-22/h2-3,6-9,12H,4-5,10-11,13H2,1H3. The molecule has 0 spiro atoms. The summed E-state index contributed by atoms with van der Waals surface area (Å²) in [5, 5.41) is 9.24. The second-order valence-corrected chi connectivity index (χ2v) is 7.11. The molecule has 2 aromatic heterocycles. The zero-order chi connectivity index (χ0) is 18.6. The molecule has 0 N–H and O–H groups in total. The number of hydrogen-bond donors (Lipinski definition) is 0. The van der Waals surface area contributed by atoms with E-state index in [9.17, 15) is 4.79 Å². The SMILES string of the molecule is COc1ccccc1-n1c(SCC(=O)N2CCCC2)nnc1-c1ccco1.